The van der Waals surface area contributed by atoms with E-state index in [0.29, 0.717) is 17.2 Å². The van der Waals surface area contributed by atoms with Gasteiger partial charge in [-0.1, -0.05) is 26.0 Å². The van der Waals surface area contributed by atoms with Gasteiger partial charge in [0.2, 0.25) is 0 Å². The van der Waals surface area contributed by atoms with Crippen molar-refractivity contribution >= 4 is 22.6 Å². The minimum absolute atomic E-state index is 0.148. The molecule has 3 aromatic rings. The fourth-order valence-corrected chi connectivity index (χ4v) is 2.85. The fraction of sp³-hybridized carbons (Fsp3) is 0.350. The topological polar surface area (TPSA) is 59.8 Å². The lowest BCUT2D eigenvalue weighted by Crippen LogP contribution is -2.15. The van der Waals surface area contributed by atoms with Crippen LogP contribution in [-0.2, 0) is 0 Å². The zero-order chi connectivity index (χ0) is 18.1. The lowest BCUT2D eigenvalue weighted by molar-refractivity contribution is 0.102. The third-order valence-electron chi connectivity index (χ3n) is 4.30. The SMILES string of the molecule is Cc1nc2c(cnn2C(C)C)cc1C(=O)Nc1cccc(C(C)C)c1. The van der Waals surface area contributed by atoms with Crippen LogP contribution in [0.5, 0.6) is 0 Å². The number of fused-ring (bicyclic) bond motifs is 1. The van der Waals surface area contributed by atoms with E-state index in [4.69, 9.17) is 0 Å². The summed E-state index contributed by atoms with van der Waals surface area (Å²) in [5.74, 6) is 0.267. The largest absolute Gasteiger partial charge is 0.322 e. The van der Waals surface area contributed by atoms with Crippen LogP contribution in [0.4, 0.5) is 5.69 Å². The summed E-state index contributed by atoms with van der Waals surface area (Å²) in [6.45, 7) is 10.2. The number of carbonyl (C=O) groups excluding carboxylic acids is 1. The molecule has 0 aliphatic heterocycles. The van der Waals surface area contributed by atoms with Crippen molar-refractivity contribution in [1.29, 1.82) is 0 Å². The molecule has 1 amide bonds. The Morgan fingerprint density at radius 3 is 2.60 bits per heavy atom. The quantitative estimate of drug-likeness (QED) is 0.751. The molecule has 0 spiro atoms. The van der Waals surface area contributed by atoms with Crippen molar-refractivity contribution in [1.82, 2.24) is 14.8 Å². The molecule has 2 aromatic heterocycles. The Kier molecular flexibility index (Phi) is 4.57. The monoisotopic (exact) mass is 336 g/mol. The number of hydrogen-bond acceptors (Lipinski definition) is 3. The molecule has 0 saturated carbocycles. The minimum Gasteiger partial charge on any atom is -0.322 e. The first kappa shape index (κ1) is 17.1. The fourth-order valence-electron chi connectivity index (χ4n) is 2.85. The number of carbonyl (C=O) groups is 1. The number of anilines is 1. The van der Waals surface area contributed by atoms with Crippen molar-refractivity contribution in [2.45, 2.75) is 46.6 Å². The van der Waals surface area contributed by atoms with Gasteiger partial charge in [0.25, 0.3) is 5.91 Å². The van der Waals surface area contributed by atoms with Crippen molar-refractivity contribution in [3.8, 4) is 0 Å². The van der Waals surface area contributed by atoms with Crippen LogP contribution < -0.4 is 5.32 Å². The average molecular weight is 336 g/mol. The number of aromatic nitrogens is 3. The van der Waals surface area contributed by atoms with Gasteiger partial charge in [0, 0.05) is 17.1 Å². The summed E-state index contributed by atoms with van der Waals surface area (Å²) < 4.78 is 1.87. The standard InChI is InChI=1S/C20H24N4O/c1-12(2)15-7-6-8-17(9-15)23-20(25)18-10-16-11-21-24(13(3)4)19(16)22-14(18)5/h6-13H,1-5H3,(H,23,25). The Morgan fingerprint density at radius 2 is 1.92 bits per heavy atom. The molecule has 5 heteroatoms. The third-order valence-corrected chi connectivity index (χ3v) is 4.30. The molecule has 0 radical (unpaired) electrons. The van der Waals surface area contributed by atoms with Crippen LogP contribution in [0.3, 0.4) is 0 Å². The Morgan fingerprint density at radius 1 is 1.16 bits per heavy atom. The van der Waals surface area contributed by atoms with Gasteiger partial charge in [0.15, 0.2) is 5.65 Å². The van der Waals surface area contributed by atoms with E-state index in [2.05, 4.69) is 49.2 Å². The molecular formula is C20H24N4O. The zero-order valence-corrected chi connectivity index (χ0v) is 15.4. The summed E-state index contributed by atoms with van der Waals surface area (Å²) in [5, 5.41) is 8.23. The summed E-state index contributed by atoms with van der Waals surface area (Å²) in [6, 6.07) is 10.0. The maximum Gasteiger partial charge on any atom is 0.257 e. The molecule has 3 rings (SSSR count). The highest BCUT2D eigenvalue weighted by atomic mass is 16.1. The highest BCUT2D eigenvalue weighted by molar-refractivity contribution is 6.06. The minimum atomic E-state index is -0.148. The van der Waals surface area contributed by atoms with E-state index in [1.54, 1.807) is 6.20 Å². The molecule has 0 bridgehead atoms. The summed E-state index contributed by atoms with van der Waals surface area (Å²) in [5.41, 5.74) is 4.08. The van der Waals surface area contributed by atoms with Gasteiger partial charge in [0.05, 0.1) is 17.5 Å². The van der Waals surface area contributed by atoms with Crippen molar-refractivity contribution in [2.75, 3.05) is 5.32 Å². The van der Waals surface area contributed by atoms with Crippen LogP contribution in [0.1, 0.15) is 61.3 Å². The number of amides is 1. The van der Waals surface area contributed by atoms with Gasteiger partial charge in [-0.15, -0.1) is 0 Å². The number of nitrogens with zero attached hydrogens (tertiary/aromatic N) is 3. The predicted molar refractivity (Wildman–Crippen MR) is 101 cm³/mol. The van der Waals surface area contributed by atoms with Crippen molar-refractivity contribution in [2.24, 2.45) is 0 Å². The summed E-state index contributed by atoms with van der Waals surface area (Å²) in [7, 11) is 0. The van der Waals surface area contributed by atoms with Crippen LogP contribution in [0, 0.1) is 6.92 Å². The van der Waals surface area contributed by atoms with E-state index in [9.17, 15) is 4.79 Å². The molecule has 0 unspecified atom stereocenters. The molecule has 25 heavy (non-hydrogen) atoms. The van der Waals surface area contributed by atoms with E-state index in [1.807, 2.05) is 35.9 Å². The summed E-state index contributed by atoms with van der Waals surface area (Å²) in [4.78, 5) is 17.3. The average Bonchev–Trinajstić information content (AvgIpc) is 2.97. The molecule has 0 saturated heterocycles. The molecule has 130 valence electrons. The first-order chi connectivity index (χ1) is 11.9. The van der Waals surface area contributed by atoms with Gasteiger partial charge < -0.3 is 5.32 Å². The highest BCUT2D eigenvalue weighted by Crippen LogP contribution is 2.22. The molecule has 5 nitrogen and oxygen atoms in total. The van der Waals surface area contributed by atoms with Gasteiger partial charge in [-0.3, -0.25) is 4.79 Å². The zero-order valence-electron chi connectivity index (χ0n) is 15.4. The van der Waals surface area contributed by atoms with Crippen LogP contribution >= 0.6 is 0 Å². The highest BCUT2D eigenvalue weighted by Gasteiger charge is 2.15. The maximum atomic E-state index is 12.7. The lowest BCUT2D eigenvalue weighted by Gasteiger charge is -2.11. The maximum absolute atomic E-state index is 12.7. The molecule has 0 atom stereocenters. The van der Waals surface area contributed by atoms with Gasteiger partial charge in [-0.2, -0.15) is 5.10 Å². The van der Waals surface area contributed by atoms with E-state index < -0.39 is 0 Å². The van der Waals surface area contributed by atoms with Crippen molar-refractivity contribution in [3.63, 3.8) is 0 Å². The Bertz CT molecular complexity index is 925. The molecule has 0 aliphatic rings. The van der Waals surface area contributed by atoms with Crippen LogP contribution in [0.2, 0.25) is 0 Å². The van der Waals surface area contributed by atoms with E-state index in [1.165, 1.54) is 5.56 Å². The second-order valence-electron chi connectivity index (χ2n) is 6.95. The Hall–Kier alpha value is -2.69. The first-order valence-corrected chi connectivity index (χ1v) is 8.63. The molecule has 0 fully saturated rings. The van der Waals surface area contributed by atoms with Gasteiger partial charge >= 0.3 is 0 Å². The lowest BCUT2D eigenvalue weighted by atomic mass is 10.0. The number of nitrogens with one attached hydrogen (secondary N) is 1. The first-order valence-electron chi connectivity index (χ1n) is 8.63. The predicted octanol–water partition coefficient (Wildman–Crippen LogP) is 4.70. The number of hydrogen-bond donors (Lipinski definition) is 1. The number of aryl methyl sites for hydroxylation is 1. The number of benzene rings is 1. The molecule has 1 N–H and O–H groups in total. The number of rotatable bonds is 4. The van der Waals surface area contributed by atoms with Gasteiger partial charge in [-0.25, -0.2) is 9.67 Å². The van der Waals surface area contributed by atoms with E-state index >= 15 is 0 Å². The Balaban J connectivity index is 1.92. The van der Waals surface area contributed by atoms with E-state index in [-0.39, 0.29) is 11.9 Å². The Labute approximate surface area is 148 Å². The van der Waals surface area contributed by atoms with Crippen LogP contribution in [0.15, 0.2) is 36.5 Å². The smallest absolute Gasteiger partial charge is 0.257 e. The van der Waals surface area contributed by atoms with Crippen molar-refractivity contribution in [3.05, 3.63) is 53.3 Å². The second kappa shape index (κ2) is 6.67. The van der Waals surface area contributed by atoms with E-state index in [0.717, 1.165) is 16.7 Å². The van der Waals surface area contributed by atoms with Crippen LogP contribution in [-0.4, -0.2) is 20.7 Å². The number of pyridine rings is 1. The molecule has 0 aliphatic carbocycles. The summed E-state index contributed by atoms with van der Waals surface area (Å²) in [6.07, 6.45) is 1.76. The van der Waals surface area contributed by atoms with Gasteiger partial charge in [0.1, 0.15) is 0 Å². The van der Waals surface area contributed by atoms with Crippen molar-refractivity contribution < 1.29 is 4.79 Å². The summed E-state index contributed by atoms with van der Waals surface area (Å²) >= 11 is 0. The molecule has 1 aromatic carbocycles. The second-order valence-corrected chi connectivity index (χ2v) is 6.95. The van der Waals surface area contributed by atoms with Crippen LogP contribution in [0.25, 0.3) is 11.0 Å². The van der Waals surface area contributed by atoms with Gasteiger partial charge in [-0.05, 0) is 50.5 Å². The normalized spacial score (nSPS) is 11.5. The third kappa shape index (κ3) is 3.40. The molecule has 2 heterocycles. The molecular weight excluding hydrogens is 312 g/mol.